The summed E-state index contributed by atoms with van der Waals surface area (Å²) in [4.78, 5) is 6.61. The summed E-state index contributed by atoms with van der Waals surface area (Å²) in [5.74, 6) is 1.98. The molecular formula is C19H16N2O2S. The lowest BCUT2D eigenvalue weighted by molar-refractivity contribution is 0.356. The molecule has 2 N–H and O–H groups in total. The van der Waals surface area contributed by atoms with E-state index in [1.54, 1.807) is 0 Å². The number of imidazole rings is 1. The molecule has 1 aromatic heterocycles. The molecule has 0 bridgehead atoms. The van der Waals surface area contributed by atoms with Gasteiger partial charge >= 0.3 is 0 Å². The van der Waals surface area contributed by atoms with Gasteiger partial charge in [0.1, 0.15) is 11.5 Å². The first-order valence-electron chi connectivity index (χ1n) is 8.12. The van der Waals surface area contributed by atoms with Crippen LogP contribution in [0, 0.1) is 4.77 Å². The minimum Gasteiger partial charge on any atom is -0.493 e. The van der Waals surface area contributed by atoms with Gasteiger partial charge in [-0.25, -0.2) is 0 Å². The highest BCUT2D eigenvalue weighted by molar-refractivity contribution is 7.71. The van der Waals surface area contributed by atoms with Crippen LogP contribution in [0.3, 0.4) is 0 Å². The number of H-pyrrole nitrogens is 2. The van der Waals surface area contributed by atoms with E-state index < -0.39 is 0 Å². The summed E-state index contributed by atoms with van der Waals surface area (Å²) in [5, 5.41) is 0. The molecule has 0 saturated heterocycles. The van der Waals surface area contributed by atoms with Gasteiger partial charge in [-0.2, -0.15) is 0 Å². The van der Waals surface area contributed by atoms with Crippen LogP contribution in [0.25, 0.3) is 22.5 Å². The number of hydrogen-bond acceptors (Lipinski definition) is 3. The second-order valence-corrected chi connectivity index (χ2v) is 6.58. The number of rotatable bonds is 2. The average Bonchev–Trinajstić information content (AvgIpc) is 3.32. The van der Waals surface area contributed by atoms with Gasteiger partial charge in [-0.3, -0.25) is 0 Å². The summed E-state index contributed by atoms with van der Waals surface area (Å²) in [6.07, 6.45) is 1.92. The Hall–Kier alpha value is -2.53. The van der Waals surface area contributed by atoms with Crippen LogP contribution in [-0.4, -0.2) is 23.2 Å². The first-order chi connectivity index (χ1) is 11.8. The third-order valence-corrected chi connectivity index (χ3v) is 4.89. The molecule has 0 fully saturated rings. The third-order valence-electron chi connectivity index (χ3n) is 4.68. The zero-order valence-electron chi connectivity index (χ0n) is 13.0. The number of hydrogen-bond donors (Lipinski definition) is 2. The van der Waals surface area contributed by atoms with Crippen LogP contribution in [0.1, 0.15) is 11.1 Å². The molecule has 3 heterocycles. The standard InChI is InChI=1S/C19H16N2O2S/c24-19-20-17(13-1-3-15-11(9-13)5-7-22-15)18(21-19)14-2-4-16-12(10-14)6-8-23-16/h1-4,9-10H,5-8H2,(H2,20,21,24). The first kappa shape index (κ1) is 13.9. The molecule has 0 saturated carbocycles. The third kappa shape index (κ3) is 2.16. The first-order valence-corrected chi connectivity index (χ1v) is 8.53. The zero-order valence-corrected chi connectivity index (χ0v) is 13.8. The molecular weight excluding hydrogens is 320 g/mol. The van der Waals surface area contributed by atoms with Crippen molar-refractivity contribution in [3.8, 4) is 34.0 Å². The fourth-order valence-electron chi connectivity index (χ4n) is 3.50. The summed E-state index contributed by atoms with van der Waals surface area (Å²) in [7, 11) is 0. The molecule has 0 radical (unpaired) electrons. The van der Waals surface area contributed by atoms with Gasteiger partial charge in [0.05, 0.1) is 24.6 Å². The Morgan fingerprint density at radius 2 is 1.25 bits per heavy atom. The number of nitrogens with one attached hydrogen (secondary N) is 2. The summed E-state index contributed by atoms with van der Waals surface area (Å²) < 4.78 is 11.8. The van der Waals surface area contributed by atoms with Crippen LogP contribution >= 0.6 is 12.2 Å². The van der Waals surface area contributed by atoms with E-state index in [-0.39, 0.29) is 0 Å². The van der Waals surface area contributed by atoms with Crippen molar-refractivity contribution in [2.24, 2.45) is 0 Å². The molecule has 5 heteroatoms. The quantitative estimate of drug-likeness (QED) is 0.687. The van der Waals surface area contributed by atoms with Crippen molar-refractivity contribution in [2.75, 3.05) is 13.2 Å². The lowest BCUT2D eigenvalue weighted by atomic mass is 10.0. The lowest BCUT2D eigenvalue weighted by Gasteiger charge is -2.07. The fourth-order valence-corrected chi connectivity index (χ4v) is 3.70. The van der Waals surface area contributed by atoms with Crippen molar-refractivity contribution >= 4 is 12.2 Å². The molecule has 2 aliphatic heterocycles. The van der Waals surface area contributed by atoms with E-state index in [0.717, 1.165) is 60.1 Å². The number of benzene rings is 2. The van der Waals surface area contributed by atoms with E-state index in [9.17, 15) is 0 Å². The number of aromatic nitrogens is 2. The molecule has 24 heavy (non-hydrogen) atoms. The molecule has 3 aromatic rings. The molecule has 0 atom stereocenters. The monoisotopic (exact) mass is 336 g/mol. The van der Waals surface area contributed by atoms with Gasteiger partial charge in [0, 0.05) is 24.0 Å². The number of aromatic amines is 2. The highest BCUT2D eigenvalue weighted by Crippen LogP contribution is 2.36. The maximum Gasteiger partial charge on any atom is 0.175 e. The summed E-state index contributed by atoms with van der Waals surface area (Å²) in [5.41, 5.74) is 6.79. The predicted octanol–water partition coefficient (Wildman–Crippen LogP) is 4.28. The van der Waals surface area contributed by atoms with Crippen molar-refractivity contribution in [1.82, 2.24) is 9.97 Å². The Morgan fingerprint density at radius 1 is 0.750 bits per heavy atom. The molecule has 0 aliphatic carbocycles. The second kappa shape index (κ2) is 5.24. The molecule has 5 rings (SSSR count). The maximum atomic E-state index is 5.61. The van der Waals surface area contributed by atoms with Crippen molar-refractivity contribution in [1.29, 1.82) is 0 Å². The summed E-state index contributed by atoms with van der Waals surface area (Å²) in [6.45, 7) is 1.53. The van der Waals surface area contributed by atoms with Crippen LogP contribution in [0.15, 0.2) is 36.4 Å². The minimum absolute atomic E-state index is 0.633. The number of ether oxygens (including phenoxy) is 2. The van der Waals surface area contributed by atoms with Crippen molar-refractivity contribution in [3.63, 3.8) is 0 Å². The van der Waals surface area contributed by atoms with Gasteiger partial charge in [-0.1, -0.05) is 0 Å². The van der Waals surface area contributed by atoms with Crippen LogP contribution in [-0.2, 0) is 12.8 Å². The largest absolute Gasteiger partial charge is 0.493 e. The van der Waals surface area contributed by atoms with Crippen LogP contribution < -0.4 is 9.47 Å². The van der Waals surface area contributed by atoms with E-state index in [1.807, 2.05) is 12.1 Å². The van der Waals surface area contributed by atoms with Gasteiger partial charge < -0.3 is 19.4 Å². The van der Waals surface area contributed by atoms with Crippen LogP contribution in [0.2, 0.25) is 0 Å². The summed E-state index contributed by atoms with van der Waals surface area (Å²) in [6, 6.07) is 12.6. The van der Waals surface area contributed by atoms with E-state index in [4.69, 9.17) is 21.7 Å². The van der Waals surface area contributed by atoms with Gasteiger partial charge in [0.15, 0.2) is 4.77 Å². The molecule has 0 amide bonds. The molecule has 2 aromatic carbocycles. The van der Waals surface area contributed by atoms with E-state index >= 15 is 0 Å². The van der Waals surface area contributed by atoms with Gasteiger partial charge in [0.25, 0.3) is 0 Å². The highest BCUT2D eigenvalue weighted by Gasteiger charge is 2.18. The van der Waals surface area contributed by atoms with Crippen LogP contribution in [0.4, 0.5) is 0 Å². The van der Waals surface area contributed by atoms with Gasteiger partial charge in [-0.05, 0) is 59.7 Å². The SMILES string of the molecule is S=c1[nH]c(-c2ccc3c(c2)CCO3)c(-c2ccc3c(c2)CCO3)[nH]1. The van der Waals surface area contributed by atoms with Gasteiger partial charge in [0.2, 0.25) is 0 Å². The lowest BCUT2D eigenvalue weighted by Crippen LogP contribution is -1.87. The molecule has 120 valence electrons. The highest BCUT2D eigenvalue weighted by atomic mass is 32.1. The normalized spacial score (nSPS) is 14.8. The topological polar surface area (TPSA) is 50.0 Å². The fraction of sp³-hybridized carbons (Fsp3) is 0.211. The molecule has 0 unspecified atom stereocenters. The van der Waals surface area contributed by atoms with Crippen molar-refractivity contribution in [3.05, 3.63) is 52.3 Å². The Morgan fingerprint density at radius 3 is 1.75 bits per heavy atom. The molecule has 0 spiro atoms. The maximum absolute atomic E-state index is 5.61. The minimum atomic E-state index is 0.633. The Balaban J connectivity index is 1.65. The van der Waals surface area contributed by atoms with E-state index in [1.165, 1.54) is 11.1 Å². The van der Waals surface area contributed by atoms with Crippen LogP contribution in [0.5, 0.6) is 11.5 Å². The Labute approximate surface area is 144 Å². The summed E-state index contributed by atoms with van der Waals surface area (Å²) >= 11 is 5.36. The smallest absolute Gasteiger partial charge is 0.175 e. The zero-order chi connectivity index (χ0) is 16.1. The average molecular weight is 336 g/mol. The van der Waals surface area contributed by atoms with Crippen molar-refractivity contribution < 1.29 is 9.47 Å². The van der Waals surface area contributed by atoms with Crippen molar-refractivity contribution in [2.45, 2.75) is 12.8 Å². The molecule has 4 nitrogen and oxygen atoms in total. The number of fused-ring (bicyclic) bond motifs is 2. The van der Waals surface area contributed by atoms with E-state index in [2.05, 4.69) is 34.2 Å². The Bertz CT molecular complexity index is 925. The Kier molecular flexibility index (Phi) is 3.03. The van der Waals surface area contributed by atoms with Gasteiger partial charge in [-0.15, -0.1) is 0 Å². The van der Waals surface area contributed by atoms with E-state index in [0.29, 0.717) is 4.77 Å². The predicted molar refractivity (Wildman–Crippen MR) is 95.2 cm³/mol. The second-order valence-electron chi connectivity index (χ2n) is 6.17. The molecule has 2 aliphatic rings.